The highest BCUT2D eigenvalue weighted by atomic mass is 35.5. The van der Waals surface area contributed by atoms with Crippen LogP contribution in [0.1, 0.15) is 24.8 Å². The van der Waals surface area contributed by atoms with Gasteiger partial charge >= 0.3 is 0 Å². The van der Waals surface area contributed by atoms with Crippen LogP contribution in [0.4, 0.5) is 5.69 Å². The number of rotatable bonds is 5. The second-order valence-corrected chi connectivity index (χ2v) is 7.27. The molecule has 1 saturated heterocycles. The van der Waals surface area contributed by atoms with Gasteiger partial charge in [-0.25, -0.2) is 4.68 Å². The molecule has 0 radical (unpaired) electrons. The zero-order valence-electron chi connectivity index (χ0n) is 14.3. The van der Waals surface area contributed by atoms with Crippen molar-refractivity contribution in [1.29, 1.82) is 0 Å². The van der Waals surface area contributed by atoms with Gasteiger partial charge < -0.3 is 4.90 Å². The van der Waals surface area contributed by atoms with E-state index in [0.29, 0.717) is 13.2 Å². The van der Waals surface area contributed by atoms with Gasteiger partial charge in [-0.3, -0.25) is 9.69 Å². The molecule has 2 aromatic rings. The predicted molar refractivity (Wildman–Crippen MR) is 102 cm³/mol. The Balaban J connectivity index is 1.62. The third-order valence-corrected chi connectivity index (χ3v) is 5.18. The third kappa shape index (κ3) is 4.54. The van der Waals surface area contributed by atoms with Crippen LogP contribution in [-0.4, -0.2) is 34.8 Å². The van der Waals surface area contributed by atoms with Crippen LogP contribution in [0.15, 0.2) is 35.3 Å². The van der Waals surface area contributed by atoms with Crippen LogP contribution in [0.5, 0.6) is 0 Å². The highest BCUT2D eigenvalue weighted by molar-refractivity contribution is 6.41. The van der Waals surface area contributed by atoms with E-state index in [1.807, 2.05) is 11.9 Å². The van der Waals surface area contributed by atoms with E-state index in [4.69, 9.17) is 23.2 Å². The Hall–Kier alpha value is -1.56. The Morgan fingerprint density at radius 1 is 1.12 bits per heavy atom. The predicted octanol–water partition coefficient (Wildman–Crippen LogP) is 3.63. The van der Waals surface area contributed by atoms with Crippen LogP contribution >= 0.6 is 23.2 Å². The van der Waals surface area contributed by atoms with E-state index < -0.39 is 0 Å². The average Bonchev–Trinajstić information content (AvgIpc) is 2.63. The van der Waals surface area contributed by atoms with Crippen molar-refractivity contribution in [2.24, 2.45) is 0 Å². The van der Waals surface area contributed by atoms with E-state index in [9.17, 15) is 4.79 Å². The molecule has 0 amide bonds. The molecular weight excluding hydrogens is 359 g/mol. The molecule has 0 unspecified atom stereocenters. The van der Waals surface area contributed by atoms with Crippen molar-refractivity contribution in [3.8, 4) is 0 Å². The van der Waals surface area contributed by atoms with E-state index in [1.54, 1.807) is 0 Å². The Bertz CT molecular complexity index is 770. The molecule has 134 valence electrons. The van der Waals surface area contributed by atoms with Gasteiger partial charge in [0, 0.05) is 25.3 Å². The first-order valence-corrected chi connectivity index (χ1v) is 9.24. The largest absolute Gasteiger partial charge is 0.372 e. The van der Waals surface area contributed by atoms with Crippen molar-refractivity contribution in [3.63, 3.8) is 0 Å². The van der Waals surface area contributed by atoms with Crippen LogP contribution < -0.4 is 10.5 Å². The number of hydrogen-bond donors (Lipinski definition) is 0. The van der Waals surface area contributed by atoms with Crippen molar-refractivity contribution in [1.82, 2.24) is 14.7 Å². The summed E-state index contributed by atoms with van der Waals surface area (Å²) in [5, 5.41) is 4.22. The minimum absolute atomic E-state index is 0.0101. The van der Waals surface area contributed by atoms with Crippen LogP contribution in [0, 0.1) is 0 Å². The lowest BCUT2D eigenvalue weighted by Gasteiger charge is -2.29. The summed E-state index contributed by atoms with van der Waals surface area (Å²) in [6.45, 7) is 3.36. The van der Waals surface area contributed by atoms with Gasteiger partial charge in [-0.05, 0) is 44.0 Å². The summed E-state index contributed by atoms with van der Waals surface area (Å²) in [7, 11) is 1.94. The maximum atomic E-state index is 12.0. The average molecular weight is 381 g/mol. The normalized spacial score (nSPS) is 15.0. The molecule has 2 heterocycles. The highest BCUT2D eigenvalue weighted by Crippen LogP contribution is 2.20. The molecule has 25 heavy (non-hydrogen) atoms. The molecule has 1 aromatic carbocycles. The van der Waals surface area contributed by atoms with Gasteiger partial charge in [-0.15, -0.1) is 0 Å². The van der Waals surface area contributed by atoms with Crippen molar-refractivity contribution in [2.75, 3.05) is 25.0 Å². The van der Waals surface area contributed by atoms with Gasteiger partial charge in [0.1, 0.15) is 5.02 Å². The molecule has 0 N–H and O–H groups in total. The number of piperidine rings is 1. The number of anilines is 1. The molecule has 0 aliphatic carbocycles. The summed E-state index contributed by atoms with van der Waals surface area (Å²) < 4.78 is 1.32. The van der Waals surface area contributed by atoms with Gasteiger partial charge in [0.2, 0.25) is 0 Å². The second-order valence-electron chi connectivity index (χ2n) is 6.48. The Labute approximate surface area is 157 Å². The molecule has 1 fully saturated rings. The zero-order chi connectivity index (χ0) is 17.8. The molecule has 1 aliphatic rings. The van der Waals surface area contributed by atoms with E-state index >= 15 is 0 Å². The van der Waals surface area contributed by atoms with E-state index in [1.165, 1.54) is 41.4 Å². The zero-order valence-corrected chi connectivity index (χ0v) is 15.8. The minimum atomic E-state index is -0.374. The lowest BCUT2D eigenvalue weighted by Crippen LogP contribution is -2.31. The van der Waals surface area contributed by atoms with E-state index in [0.717, 1.165) is 13.1 Å². The number of hydrogen-bond acceptors (Lipinski definition) is 4. The van der Waals surface area contributed by atoms with Gasteiger partial charge in [0.15, 0.2) is 0 Å². The smallest absolute Gasteiger partial charge is 0.288 e. The molecule has 7 heteroatoms. The second kappa shape index (κ2) is 8.21. The molecular formula is C18H22Cl2N4O. The molecule has 0 bridgehead atoms. The van der Waals surface area contributed by atoms with Crippen molar-refractivity contribution in [2.45, 2.75) is 32.5 Å². The number of nitrogens with zero attached hydrogens (tertiary/aromatic N) is 4. The monoisotopic (exact) mass is 380 g/mol. The summed E-state index contributed by atoms with van der Waals surface area (Å²) in [5.74, 6) is 0. The highest BCUT2D eigenvalue weighted by Gasteiger charge is 2.12. The van der Waals surface area contributed by atoms with Gasteiger partial charge in [-0.1, -0.05) is 35.3 Å². The molecule has 5 nitrogen and oxygen atoms in total. The SMILES string of the molecule is CN(Cc1ccc(N2CCCCC2)cc1)Cn1ncc(Cl)c(Cl)c1=O. The van der Waals surface area contributed by atoms with Crippen LogP contribution in [0.2, 0.25) is 10.0 Å². The van der Waals surface area contributed by atoms with Gasteiger partial charge in [-0.2, -0.15) is 5.10 Å². The summed E-state index contributed by atoms with van der Waals surface area (Å²) in [4.78, 5) is 16.5. The molecule has 1 aromatic heterocycles. The summed E-state index contributed by atoms with van der Waals surface area (Å²) in [6, 6.07) is 8.65. The maximum Gasteiger partial charge on any atom is 0.288 e. The Morgan fingerprint density at radius 2 is 1.80 bits per heavy atom. The molecule has 3 rings (SSSR count). The number of benzene rings is 1. The molecule has 0 spiro atoms. The maximum absolute atomic E-state index is 12.0. The molecule has 0 atom stereocenters. The van der Waals surface area contributed by atoms with E-state index in [2.05, 4.69) is 34.3 Å². The molecule has 0 saturated carbocycles. The fourth-order valence-corrected chi connectivity index (χ4v) is 3.37. The first-order valence-electron chi connectivity index (χ1n) is 8.48. The van der Waals surface area contributed by atoms with Crippen molar-refractivity contribution >= 4 is 28.9 Å². The lowest BCUT2D eigenvalue weighted by atomic mass is 10.1. The Kier molecular flexibility index (Phi) is 5.99. The summed E-state index contributed by atoms with van der Waals surface area (Å²) >= 11 is 11.7. The minimum Gasteiger partial charge on any atom is -0.372 e. The molecule has 1 aliphatic heterocycles. The van der Waals surface area contributed by atoms with Crippen LogP contribution in [0.25, 0.3) is 0 Å². The first kappa shape index (κ1) is 18.2. The summed E-state index contributed by atoms with van der Waals surface area (Å²) in [5.41, 5.74) is 2.10. The van der Waals surface area contributed by atoms with Gasteiger partial charge in [0.05, 0.1) is 17.9 Å². The topological polar surface area (TPSA) is 41.4 Å². The van der Waals surface area contributed by atoms with Gasteiger partial charge in [0.25, 0.3) is 5.56 Å². The standard InChI is InChI=1S/C18H22Cl2N4O/c1-22(13-24-18(25)17(20)16(19)11-21-24)12-14-5-7-15(8-6-14)23-9-3-2-4-10-23/h5-8,11H,2-4,9-10,12-13H2,1H3. The van der Waals surface area contributed by atoms with Crippen LogP contribution in [0.3, 0.4) is 0 Å². The number of aromatic nitrogens is 2. The lowest BCUT2D eigenvalue weighted by molar-refractivity contribution is 0.240. The fourth-order valence-electron chi connectivity index (χ4n) is 3.10. The van der Waals surface area contributed by atoms with Crippen molar-refractivity contribution in [3.05, 3.63) is 56.4 Å². The summed E-state index contributed by atoms with van der Waals surface area (Å²) in [6.07, 6.45) is 5.28. The third-order valence-electron chi connectivity index (χ3n) is 4.43. The van der Waals surface area contributed by atoms with E-state index in [-0.39, 0.29) is 15.6 Å². The fraction of sp³-hybridized carbons (Fsp3) is 0.444. The Morgan fingerprint density at radius 3 is 2.48 bits per heavy atom. The number of halogens is 2. The quantitative estimate of drug-likeness (QED) is 0.793. The van der Waals surface area contributed by atoms with Crippen molar-refractivity contribution < 1.29 is 0 Å². The first-order chi connectivity index (χ1) is 12.0. The van der Waals surface area contributed by atoms with Crippen LogP contribution in [-0.2, 0) is 13.2 Å².